The number of ether oxygens (including phenoxy) is 1. The highest BCUT2D eigenvalue weighted by atomic mass is 79.9. The number of ketones is 1. The summed E-state index contributed by atoms with van der Waals surface area (Å²) in [6, 6.07) is 9.37. The maximum Gasteiger partial charge on any atom is 0.242 e. The van der Waals surface area contributed by atoms with Gasteiger partial charge in [-0.25, -0.2) is 4.39 Å². The normalized spacial score (nSPS) is 10.8. The van der Waals surface area contributed by atoms with E-state index in [0.29, 0.717) is 23.3 Å². The summed E-state index contributed by atoms with van der Waals surface area (Å²) in [5, 5.41) is 1.57. The Hall–Kier alpha value is -2.25. The molecular formula is C21H18BrFO4S. The van der Waals surface area contributed by atoms with Crippen molar-refractivity contribution in [3.05, 3.63) is 84.3 Å². The van der Waals surface area contributed by atoms with Crippen molar-refractivity contribution in [3.8, 4) is 5.75 Å². The molecule has 4 nitrogen and oxygen atoms in total. The number of hydrogen-bond acceptors (Lipinski definition) is 5. The molecule has 3 aromatic rings. The number of hydrogen-bond donors (Lipinski definition) is 0. The minimum absolute atomic E-state index is 0.0503. The van der Waals surface area contributed by atoms with Crippen molar-refractivity contribution in [1.29, 1.82) is 0 Å². The van der Waals surface area contributed by atoms with Gasteiger partial charge in [0.05, 0.1) is 11.1 Å². The summed E-state index contributed by atoms with van der Waals surface area (Å²) in [7, 11) is 0. The summed E-state index contributed by atoms with van der Waals surface area (Å²) in [6.45, 7) is 2.38. The van der Waals surface area contributed by atoms with Crippen LogP contribution in [0.4, 0.5) is 4.39 Å². The standard InChI is InChI=1S/C21H18BrFO4S/c1-2-3-10-26-20-18(24)16(22)12-28-21(20)19(25)17-9-8-15(27-17)11-13-4-6-14(23)7-5-13/h4-9,12H,2-3,10-11H2,1H3. The number of carbonyl (C=O) groups excluding carboxylic acids is 1. The molecule has 2 aromatic heterocycles. The van der Waals surface area contributed by atoms with Gasteiger partial charge in [-0.2, -0.15) is 0 Å². The molecule has 0 amide bonds. The third-order valence-corrected chi connectivity index (χ3v) is 5.89. The fourth-order valence-electron chi connectivity index (χ4n) is 2.55. The molecule has 0 fully saturated rings. The van der Waals surface area contributed by atoms with Crippen LogP contribution in [0.25, 0.3) is 0 Å². The Bertz CT molecular complexity index is 1020. The van der Waals surface area contributed by atoms with Crippen LogP contribution < -0.4 is 10.2 Å². The van der Waals surface area contributed by atoms with Crippen molar-refractivity contribution in [2.75, 3.05) is 6.61 Å². The Morgan fingerprint density at radius 3 is 2.68 bits per heavy atom. The van der Waals surface area contributed by atoms with Gasteiger partial charge in [0.25, 0.3) is 0 Å². The van der Waals surface area contributed by atoms with Crippen LogP contribution in [0.3, 0.4) is 0 Å². The summed E-state index contributed by atoms with van der Waals surface area (Å²) in [6.07, 6.45) is 2.14. The molecule has 1 aromatic carbocycles. The van der Waals surface area contributed by atoms with Gasteiger partial charge < -0.3 is 9.15 Å². The highest BCUT2D eigenvalue weighted by Gasteiger charge is 2.23. The second-order valence-electron chi connectivity index (χ2n) is 6.17. The Labute approximate surface area is 174 Å². The molecular weight excluding hydrogens is 447 g/mol. The fourth-order valence-corrected chi connectivity index (χ4v) is 3.80. The summed E-state index contributed by atoms with van der Waals surface area (Å²) in [5.74, 6) is 0.0591. The van der Waals surface area contributed by atoms with Crippen LogP contribution in [-0.4, -0.2) is 12.4 Å². The molecule has 0 atom stereocenters. The van der Waals surface area contributed by atoms with Gasteiger partial charge in [-0.05, 0) is 52.2 Å². The molecule has 0 aliphatic heterocycles. The van der Waals surface area contributed by atoms with E-state index in [9.17, 15) is 14.0 Å². The second-order valence-corrected chi connectivity index (χ2v) is 7.91. The highest BCUT2D eigenvalue weighted by molar-refractivity contribution is 9.10. The lowest BCUT2D eigenvalue weighted by Crippen LogP contribution is -2.14. The lowest BCUT2D eigenvalue weighted by atomic mass is 10.1. The van der Waals surface area contributed by atoms with Gasteiger partial charge in [-0.15, -0.1) is 11.3 Å². The molecule has 2 heterocycles. The third kappa shape index (κ3) is 4.77. The molecule has 146 valence electrons. The van der Waals surface area contributed by atoms with Crippen LogP contribution >= 0.6 is 27.3 Å². The molecule has 0 aliphatic rings. The van der Waals surface area contributed by atoms with Crippen LogP contribution in [0.1, 0.15) is 46.5 Å². The fraction of sp³-hybridized carbons (Fsp3) is 0.238. The van der Waals surface area contributed by atoms with Crippen molar-refractivity contribution < 1.29 is 18.3 Å². The molecule has 28 heavy (non-hydrogen) atoms. The first-order valence-electron chi connectivity index (χ1n) is 8.81. The molecule has 0 saturated carbocycles. The highest BCUT2D eigenvalue weighted by Crippen LogP contribution is 2.27. The van der Waals surface area contributed by atoms with E-state index in [4.69, 9.17) is 9.15 Å². The van der Waals surface area contributed by atoms with Gasteiger partial charge in [0, 0.05) is 11.8 Å². The van der Waals surface area contributed by atoms with Crippen molar-refractivity contribution in [3.63, 3.8) is 0 Å². The Morgan fingerprint density at radius 1 is 1.21 bits per heavy atom. The number of rotatable bonds is 8. The predicted octanol–water partition coefficient (Wildman–Crippen LogP) is 5.60. The molecule has 7 heteroatoms. The number of furan rings is 1. The van der Waals surface area contributed by atoms with Gasteiger partial charge in [-0.3, -0.25) is 9.59 Å². The first kappa shape index (κ1) is 20.5. The average Bonchev–Trinajstić information content (AvgIpc) is 3.15. The average molecular weight is 465 g/mol. The molecule has 3 rings (SSSR count). The summed E-state index contributed by atoms with van der Waals surface area (Å²) in [4.78, 5) is 25.5. The van der Waals surface area contributed by atoms with Crippen molar-refractivity contribution >= 4 is 33.0 Å². The van der Waals surface area contributed by atoms with Crippen molar-refractivity contribution in [1.82, 2.24) is 0 Å². The number of benzene rings is 1. The molecule has 0 unspecified atom stereocenters. The molecule has 0 aliphatic carbocycles. The molecule has 0 saturated heterocycles. The number of halogens is 2. The monoisotopic (exact) mass is 464 g/mol. The van der Waals surface area contributed by atoms with Gasteiger partial charge in [0.1, 0.15) is 16.5 Å². The first-order chi connectivity index (χ1) is 13.5. The molecule has 0 bridgehead atoms. The zero-order chi connectivity index (χ0) is 20.1. The van der Waals surface area contributed by atoms with E-state index in [1.165, 1.54) is 12.1 Å². The second kappa shape index (κ2) is 9.30. The number of carbonyl (C=O) groups is 1. The quantitative estimate of drug-likeness (QED) is 0.321. The van der Waals surface area contributed by atoms with E-state index in [1.54, 1.807) is 29.6 Å². The zero-order valence-electron chi connectivity index (χ0n) is 15.2. The lowest BCUT2D eigenvalue weighted by Gasteiger charge is -2.08. The number of unbranched alkanes of at least 4 members (excludes halogenated alkanes) is 1. The van der Waals surface area contributed by atoms with E-state index in [2.05, 4.69) is 15.9 Å². The van der Waals surface area contributed by atoms with Crippen LogP contribution in [-0.2, 0) is 6.42 Å². The zero-order valence-corrected chi connectivity index (χ0v) is 17.6. The molecule has 0 radical (unpaired) electrons. The largest absolute Gasteiger partial charge is 0.488 e. The molecule has 0 N–H and O–H groups in total. The van der Waals surface area contributed by atoms with Gasteiger partial charge >= 0.3 is 0 Å². The maximum absolute atomic E-state index is 13.0. The lowest BCUT2D eigenvalue weighted by molar-refractivity contribution is 0.101. The summed E-state index contributed by atoms with van der Waals surface area (Å²) < 4.78 is 24.7. The Balaban J connectivity index is 1.84. The van der Waals surface area contributed by atoms with E-state index >= 15 is 0 Å². The van der Waals surface area contributed by atoms with Crippen molar-refractivity contribution in [2.24, 2.45) is 0 Å². The van der Waals surface area contributed by atoms with Gasteiger partial charge in [-0.1, -0.05) is 25.5 Å². The maximum atomic E-state index is 13.0. The SMILES string of the molecule is CCCCOc1c(C(=O)c2ccc(Cc3ccc(F)cc3)o2)scc(Br)c1=O. The first-order valence-corrected chi connectivity index (χ1v) is 10.5. The minimum atomic E-state index is -0.397. The Kier molecular flexibility index (Phi) is 6.80. The topological polar surface area (TPSA) is 56.5 Å². The molecule has 0 spiro atoms. The predicted molar refractivity (Wildman–Crippen MR) is 110 cm³/mol. The van der Waals surface area contributed by atoms with Crippen LogP contribution in [0, 0.1) is 5.82 Å². The summed E-state index contributed by atoms with van der Waals surface area (Å²) in [5.41, 5.74) is 0.517. The summed E-state index contributed by atoms with van der Waals surface area (Å²) >= 11 is 4.33. The van der Waals surface area contributed by atoms with E-state index in [1.807, 2.05) is 6.92 Å². The van der Waals surface area contributed by atoms with E-state index < -0.39 is 5.78 Å². The van der Waals surface area contributed by atoms with Gasteiger partial charge in [0.2, 0.25) is 11.2 Å². The minimum Gasteiger partial charge on any atom is -0.488 e. The van der Waals surface area contributed by atoms with E-state index in [-0.39, 0.29) is 27.6 Å². The van der Waals surface area contributed by atoms with Crippen molar-refractivity contribution in [2.45, 2.75) is 26.2 Å². The van der Waals surface area contributed by atoms with Crippen LogP contribution in [0.15, 0.2) is 55.5 Å². The third-order valence-electron chi connectivity index (χ3n) is 4.04. The van der Waals surface area contributed by atoms with Crippen LogP contribution in [0.2, 0.25) is 0 Å². The smallest absolute Gasteiger partial charge is 0.242 e. The van der Waals surface area contributed by atoms with Gasteiger partial charge in [0.15, 0.2) is 11.5 Å². The van der Waals surface area contributed by atoms with E-state index in [0.717, 1.165) is 29.7 Å². The van der Waals surface area contributed by atoms with Crippen LogP contribution in [0.5, 0.6) is 5.75 Å². The Morgan fingerprint density at radius 2 is 1.96 bits per heavy atom.